The molecule has 1 saturated carbocycles. The largest absolute Gasteiger partial charge is 0.273 e. The number of nitrogens with one attached hydrogen (secondary N) is 1. The Kier molecular flexibility index (Phi) is 5.24. The molecule has 2 unspecified atom stereocenters. The third-order valence-corrected chi connectivity index (χ3v) is 6.58. The molecule has 32 heavy (non-hydrogen) atoms. The summed E-state index contributed by atoms with van der Waals surface area (Å²) in [6, 6.07) is 24.2. The Bertz CT molecular complexity index is 1320. The number of carbonyl (C=O) groups excluding carboxylic acids is 1. The van der Waals surface area contributed by atoms with Crippen molar-refractivity contribution >= 4 is 34.5 Å². The minimum Gasteiger partial charge on any atom is -0.273 e. The Morgan fingerprint density at radius 3 is 2.50 bits per heavy atom. The van der Waals surface area contributed by atoms with Crippen LogP contribution in [0.2, 0.25) is 5.02 Å². The van der Waals surface area contributed by atoms with Crippen molar-refractivity contribution in [3.63, 3.8) is 0 Å². The molecule has 1 heterocycles. The van der Waals surface area contributed by atoms with Gasteiger partial charge in [0.1, 0.15) is 0 Å². The molecule has 0 saturated heterocycles. The van der Waals surface area contributed by atoms with Crippen molar-refractivity contribution < 1.29 is 4.79 Å². The highest BCUT2D eigenvalue weighted by Crippen LogP contribution is 2.54. The number of aromatic nitrogens is 1. The van der Waals surface area contributed by atoms with Gasteiger partial charge >= 0.3 is 0 Å². The van der Waals surface area contributed by atoms with Crippen LogP contribution in [0, 0.1) is 5.92 Å². The summed E-state index contributed by atoms with van der Waals surface area (Å²) >= 11 is 5.98. The summed E-state index contributed by atoms with van der Waals surface area (Å²) in [5, 5.41) is 7.07. The molecule has 5 rings (SSSR count). The molecule has 2 atom stereocenters. The van der Waals surface area contributed by atoms with Crippen molar-refractivity contribution in [3.8, 4) is 11.1 Å². The number of carbonyl (C=O) groups is 1. The lowest BCUT2D eigenvalue weighted by molar-refractivity contribution is -0.122. The molecular weight excluding hydrogens is 418 g/mol. The fourth-order valence-corrected chi connectivity index (χ4v) is 4.31. The molecule has 1 aliphatic carbocycles. The fraction of sp³-hybridized carbons (Fsp3) is 0.148. The van der Waals surface area contributed by atoms with Crippen LogP contribution in [0.3, 0.4) is 0 Å². The normalized spacial score (nSPS) is 19.9. The van der Waals surface area contributed by atoms with E-state index in [9.17, 15) is 4.79 Å². The highest BCUT2D eigenvalue weighted by atomic mass is 35.5. The van der Waals surface area contributed by atoms with Gasteiger partial charge in [-0.15, -0.1) is 0 Å². The average Bonchev–Trinajstić information content (AvgIpc) is 3.52. The minimum absolute atomic E-state index is 0.0458. The molecular formula is C27H22ClN3O. The van der Waals surface area contributed by atoms with E-state index < -0.39 is 0 Å². The number of amides is 1. The molecule has 158 valence electrons. The van der Waals surface area contributed by atoms with Crippen LogP contribution in [0.5, 0.6) is 0 Å². The second-order valence-electron chi connectivity index (χ2n) is 8.47. The maximum absolute atomic E-state index is 12.7. The average molecular weight is 440 g/mol. The van der Waals surface area contributed by atoms with Crippen LogP contribution in [0.4, 0.5) is 0 Å². The Hall–Kier alpha value is -3.50. The lowest BCUT2D eigenvalue weighted by Gasteiger charge is -2.12. The number of fused-ring (bicyclic) bond motifs is 1. The van der Waals surface area contributed by atoms with E-state index >= 15 is 0 Å². The van der Waals surface area contributed by atoms with E-state index in [1.165, 1.54) is 5.56 Å². The number of hydrogen-bond acceptors (Lipinski definition) is 3. The van der Waals surface area contributed by atoms with Crippen LogP contribution in [-0.2, 0) is 10.2 Å². The van der Waals surface area contributed by atoms with Gasteiger partial charge in [-0.05, 0) is 58.3 Å². The molecule has 1 N–H and O–H groups in total. The molecule has 0 aliphatic heterocycles. The summed E-state index contributed by atoms with van der Waals surface area (Å²) in [4.78, 5) is 16.8. The maximum Gasteiger partial charge on any atom is 0.244 e. The molecule has 4 aromatic rings. The highest BCUT2D eigenvalue weighted by Gasteiger charge is 2.55. The zero-order chi connectivity index (χ0) is 22.1. The van der Waals surface area contributed by atoms with Crippen LogP contribution in [0.15, 0.2) is 90.3 Å². The first kappa shape index (κ1) is 20.4. The third kappa shape index (κ3) is 4.02. The summed E-state index contributed by atoms with van der Waals surface area (Å²) in [6.45, 7) is 2.13. The minimum atomic E-state index is -0.159. The topological polar surface area (TPSA) is 54.4 Å². The van der Waals surface area contributed by atoms with E-state index in [-0.39, 0.29) is 17.2 Å². The quantitative estimate of drug-likeness (QED) is 0.307. The SMILES string of the molecule is CC1(c2ccc(-c3ccc(Cl)cc3)cc2)CC1C(=O)N/N=C/c1ccc2cnccc2c1. The zero-order valence-corrected chi connectivity index (χ0v) is 18.4. The number of halogens is 1. The van der Waals surface area contributed by atoms with Crippen LogP contribution >= 0.6 is 11.6 Å². The van der Waals surface area contributed by atoms with E-state index in [1.54, 1.807) is 12.4 Å². The number of benzene rings is 3. The van der Waals surface area contributed by atoms with Gasteiger partial charge in [-0.3, -0.25) is 9.78 Å². The van der Waals surface area contributed by atoms with Gasteiger partial charge in [0.15, 0.2) is 0 Å². The van der Waals surface area contributed by atoms with Gasteiger partial charge < -0.3 is 0 Å². The van der Waals surface area contributed by atoms with Gasteiger partial charge in [-0.25, -0.2) is 5.43 Å². The summed E-state index contributed by atoms with van der Waals surface area (Å²) < 4.78 is 0. The monoisotopic (exact) mass is 439 g/mol. The van der Waals surface area contributed by atoms with E-state index in [2.05, 4.69) is 46.7 Å². The Morgan fingerprint density at radius 1 is 1.03 bits per heavy atom. The molecule has 1 amide bonds. The van der Waals surface area contributed by atoms with Crippen molar-refractivity contribution in [1.29, 1.82) is 0 Å². The summed E-state index contributed by atoms with van der Waals surface area (Å²) in [7, 11) is 0. The van der Waals surface area contributed by atoms with Crippen LogP contribution < -0.4 is 5.43 Å². The molecule has 0 spiro atoms. The van der Waals surface area contributed by atoms with Gasteiger partial charge in [0, 0.05) is 28.2 Å². The van der Waals surface area contributed by atoms with Crippen molar-refractivity contribution in [2.24, 2.45) is 11.0 Å². The van der Waals surface area contributed by atoms with E-state index in [4.69, 9.17) is 11.6 Å². The summed E-state index contributed by atoms with van der Waals surface area (Å²) in [5.41, 5.74) is 6.91. The van der Waals surface area contributed by atoms with Crippen LogP contribution in [-0.4, -0.2) is 17.1 Å². The standard InChI is InChI=1S/C27H22ClN3O/c1-27(23-8-4-19(5-9-23)20-6-10-24(28)11-7-20)15-25(27)26(32)31-30-16-18-2-3-22-17-29-13-12-21(22)14-18/h2-14,16-17,25H,15H2,1H3,(H,31,32)/b30-16+. The van der Waals surface area contributed by atoms with Gasteiger partial charge in [0.05, 0.1) is 12.1 Å². The van der Waals surface area contributed by atoms with E-state index in [1.807, 2.05) is 54.7 Å². The second kappa shape index (κ2) is 8.21. The first-order valence-electron chi connectivity index (χ1n) is 10.6. The van der Waals surface area contributed by atoms with Crippen LogP contribution in [0.25, 0.3) is 21.9 Å². The van der Waals surface area contributed by atoms with Crippen LogP contribution in [0.1, 0.15) is 24.5 Å². The van der Waals surface area contributed by atoms with Crippen molar-refractivity contribution in [2.75, 3.05) is 0 Å². The molecule has 0 radical (unpaired) electrons. The smallest absolute Gasteiger partial charge is 0.244 e. The Labute approximate surface area is 192 Å². The number of rotatable bonds is 5. The number of hydrogen-bond donors (Lipinski definition) is 1. The lowest BCUT2D eigenvalue weighted by atomic mass is 9.93. The fourth-order valence-electron chi connectivity index (χ4n) is 4.18. The van der Waals surface area contributed by atoms with Crippen molar-refractivity contribution in [3.05, 3.63) is 101 Å². The molecule has 3 aromatic carbocycles. The summed E-state index contributed by atoms with van der Waals surface area (Å²) in [6.07, 6.45) is 6.09. The lowest BCUT2D eigenvalue weighted by Crippen LogP contribution is -2.23. The van der Waals surface area contributed by atoms with E-state index in [0.29, 0.717) is 0 Å². The first-order chi connectivity index (χ1) is 15.5. The molecule has 1 aromatic heterocycles. The second-order valence-corrected chi connectivity index (χ2v) is 8.91. The molecule has 5 heteroatoms. The Balaban J connectivity index is 1.23. The summed E-state index contributed by atoms with van der Waals surface area (Å²) in [5.74, 6) is -0.126. The predicted octanol–water partition coefficient (Wildman–Crippen LogP) is 5.98. The van der Waals surface area contributed by atoms with Gasteiger partial charge in [-0.1, -0.05) is 67.1 Å². The highest BCUT2D eigenvalue weighted by molar-refractivity contribution is 6.30. The number of pyridine rings is 1. The first-order valence-corrected chi connectivity index (χ1v) is 10.9. The van der Waals surface area contributed by atoms with Gasteiger partial charge in [0.2, 0.25) is 5.91 Å². The van der Waals surface area contributed by atoms with Gasteiger partial charge in [-0.2, -0.15) is 5.10 Å². The van der Waals surface area contributed by atoms with Crippen molar-refractivity contribution in [1.82, 2.24) is 10.4 Å². The Morgan fingerprint density at radius 2 is 1.75 bits per heavy atom. The maximum atomic E-state index is 12.7. The van der Waals surface area contributed by atoms with E-state index in [0.717, 1.165) is 38.9 Å². The van der Waals surface area contributed by atoms with Gasteiger partial charge in [0.25, 0.3) is 0 Å². The van der Waals surface area contributed by atoms with Crippen molar-refractivity contribution in [2.45, 2.75) is 18.8 Å². The molecule has 4 nitrogen and oxygen atoms in total. The zero-order valence-electron chi connectivity index (χ0n) is 17.6. The predicted molar refractivity (Wildman–Crippen MR) is 130 cm³/mol. The molecule has 0 bridgehead atoms. The number of nitrogens with zero attached hydrogens (tertiary/aromatic N) is 2. The third-order valence-electron chi connectivity index (χ3n) is 6.33. The molecule has 1 aliphatic rings. The number of hydrazone groups is 1. The molecule has 1 fully saturated rings.